The highest BCUT2D eigenvalue weighted by atomic mass is 16.4. The number of carboxylic acid groups (broad SMARTS) is 1. The van der Waals surface area contributed by atoms with Crippen molar-refractivity contribution >= 4 is 23.5 Å². The number of nitrogens with one attached hydrogen (secondary N) is 2. The van der Waals surface area contributed by atoms with Crippen molar-refractivity contribution in [3.63, 3.8) is 0 Å². The average molecular weight is 292 g/mol. The molecule has 1 aromatic rings. The van der Waals surface area contributed by atoms with Crippen LogP contribution in [0.1, 0.15) is 36.7 Å². The number of carbonyl (C=O) groups excluding carboxylic acids is 2. The van der Waals surface area contributed by atoms with E-state index in [4.69, 9.17) is 5.11 Å². The van der Waals surface area contributed by atoms with E-state index in [1.165, 1.54) is 12.1 Å². The summed E-state index contributed by atoms with van der Waals surface area (Å²) in [5, 5.41) is 14.1. The maximum Gasteiger partial charge on any atom is 0.335 e. The van der Waals surface area contributed by atoms with Crippen molar-refractivity contribution in [2.24, 2.45) is 5.41 Å². The molecule has 3 N–H and O–H groups in total. The summed E-state index contributed by atoms with van der Waals surface area (Å²) in [6, 6.07) is 4.47. The highest BCUT2D eigenvalue weighted by molar-refractivity contribution is 5.97. The lowest BCUT2D eigenvalue weighted by Gasteiger charge is -2.17. The third-order valence-corrected chi connectivity index (χ3v) is 2.85. The molecule has 0 saturated carbocycles. The molecule has 0 aliphatic carbocycles. The summed E-state index contributed by atoms with van der Waals surface area (Å²) in [6.45, 7) is 6.85. The first kappa shape index (κ1) is 16.7. The van der Waals surface area contributed by atoms with Gasteiger partial charge in [-0.1, -0.05) is 26.8 Å². The third-order valence-electron chi connectivity index (χ3n) is 2.85. The van der Waals surface area contributed by atoms with E-state index in [-0.39, 0.29) is 18.0 Å². The van der Waals surface area contributed by atoms with Gasteiger partial charge in [0.2, 0.25) is 11.8 Å². The van der Waals surface area contributed by atoms with E-state index in [0.29, 0.717) is 5.69 Å². The molecule has 6 nitrogen and oxygen atoms in total. The second-order valence-corrected chi connectivity index (χ2v) is 5.82. The minimum atomic E-state index is -1.06. The van der Waals surface area contributed by atoms with Crippen molar-refractivity contribution in [3.8, 4) is 0 Å². The minimum absolute atomic E-state index is 0.0922. The molecule has 2 amide bonds. The van der Waals surface area contributed by atoms with Crippen LogP contribution in [0.3, 0.4) is 0 Å². The number of aryl methyl sites for hydroxylation is 1. The van der Waals surface area contributed by atoms with Crippen LogP contribution in [0.2, 0.25) is 0 Å². The van der Waals surface area contributed by atoms with E-state index in [0.717, 1.165) is 5.56 Å². The second kappa shape index (κ2) is 6.39. The molecule has 0 spiro atoms. The van der Waals surface area contributed by atoms with Gasteiger partial charge in [-0.15, -0.1) is 0 Å². The maximum absolute atomic E-state index is 11.8. The van der Waals surface area contributed by atoms with Gasteiger partial charge in [-0.25, -0.2) is 4.79 Å². The number of anilines is 1. The van der Waals surface area contributed by atoms with Crippen molar-refractivity contribution in [1.29, 1.82) is 0 Å². The minimum Gasteiger partial charge on any atom is -0.478 e. The van der Waals surface area contributed by atoms with E-state index in [1.54, 1.807) is 33.8 Å². The lowest BCUT2D eigenvalue weighted by molar-refractivity contribution is -0.130. The van der Waals surface area contributed by atoms with Crippen LogP contribution in [0, 0.1) is 12.3 Å². The number of rotatable bonds is 4. The van der Waals surface area contributed by atoms with Crippen LogP contribution < -0.4 is 10.6 Å². The number of benzene rings is 1. The molecule has 0 radical (unpaired) electrons. The summed E-state index contributed by atoms with van der Waals surface area (Å²) in [6.07, 6.45) is 0. The zero-order chi connectivity index (χ0) is 16.2. The van der Waals surface area contributed by atoms with E-state index in [2.05, 4.69) is 10.6 Å². The fourth-order valence-corrected chi connectivity index (χ4v) is 1.51. The monoisotopic (exact) mass is 292 g/mol. The van der Waals surface area contributed by atoms with Gasteiger partial charge < -0.3 is 15.7 Å². The lowest BCUT2D eigenvalue weighted by Crippen LogP contribution is -2.39. The number of hydrogen-bond acceptors (Lipinski definition) is 3. The summed E-state index contributed by atoms with van der Waals surface area (Å²) in [7, 11) is 0. The molecule has 1 rings (SSSR count). The zero-order valence-electron chi connectivity index (χ0n) is 12.6. The molecule has 0 unspecified atom stereocenters. The predicted octanol–water partition coefficient (Wildman–Crippen LogP) is 1.79. The van der Waals surface area contributed by atoms with Gasteiger partial charge in [0.1, 0.15) is 0 Å². The number of carbonyl (C=O) groups is 3. The van der Waals surface area contributed by atoms with Crippen molar-refractivity contribution in [1.82, 2.24) is 5.32 Å². The van der Waals surface area contributed by atoms with Gasteiger partial charge in [-0.05, 0) is 24.6 Å². The van der Waals surface area contributed by atoms with Gasteiger partial charge >= 0.3 is 5.97 Å². The summed E-state index contributed by atoms with van der Waals surface area (Å²) in [4.78, 5) is 34.4. The molecule has 0 aromatic heterocycles. The quantitative estimate of drug-likeness (QED) is 0.788. The second-order valence-electron chi connectivity index (χ2n) is 5.82. The van der Waals surface area contributed by atoms with Crippen molar-refractivity contribution in [2.75, 3.05) is 11.9 Å². The highest BCUT2D eigenvalue weighted by Crippen LogP contribution is 2.17. The first-order valence-corrected chi connectivity index (χ1v) is 6.53. The van der Waals surface area contributed by atoms with Gasteiger partial charge in [-0.2, -0.15) is 0 Å². The summed E-state index contributed by atoms with van der Waals surface area (Å²) < 4.78 is 0. The Hall–Kier alpha value is -2.37. The van der Waals surface area contributed by atoms with E-state index < -0.39 is 17.3 Å². The Labute approximate surface area is 123 Å². The Morgan fingerprint density at radius 3 is 2.33 bits per heavy atom. The van der Waals surface area contributed by atoms with Crippen molar-refractivity contribution in [2.45, 2.75) is 27.7 Å². The molecule has 0 aliphatic heterocycles. The lowest BCUT2D eigenvalue weighted by atomic mass is 9.96. The van der Waals surface area contributed by atoms with Gasteiger partial charge in [0.05, 0.1) is 12.1 Å². The summed E-state index contributed by atoms with van der Waals surface area (Å²) in [5.74, 6) is -1.70. The molecule has 0 aliphatic rings. The van der Waals surface area contributed by atoms with Gasteiger partial charge in [0.15, 0.2) is 0 Å². The number of amides is 2. The van der Waals surface area contributed by atoms with Gasteiger partial charge in [-0.3, -0.25) is 9.59 Å². The Kier molecular flexibility index (Phi) is 5.07. The fraction of sp³-hybridized carbons (Fsp3) is 0.400. The first-order valence-electron chi connectivity index (χ1n) is 6.53. The van der Waals surface area contributed by atoms with Crippen LogP contribution in [0.4, 0.5) is 5.69 Å². The van der Waals surface area contributed by atoms with E-state index >= 15 is 0 Å². The van der Waals surface area contributed by atoms with Crippen LogP contribution >= 0.6 is 0 Å². The molecule has 0 saturated heterocycles. The summed E-state index contributed by atoms with van der Waals surface area (Å²) >= 11 is 0. The van der Waals surface area contributed by atoms with Crippen LogP contribution in [0.5, 0.6) is 0 Å². The molecule has 6 heteroatoms. The van der Waals surface area contributed by atoms with Crippen LogP contribution in [-0.2, 0) is 9.59 Å². The number of aromatic carboxylic acids is 1. The zero-order valence-corrected chi connectivity index (χ0v) is 12.6. The first-order chi connectivity index (χ1) is 9.61. The number of carboxylic acids is 1. The average Bonchev–Trinajstić information content (AvgIpc) is 2.37. The van der Waals surface area contributed by atoms with Crippen molar-refractivity contribution < 1.29 is 19.5 Å². The molecule has 0 fully saturated rings. The van der Waals surface area contributed by atoms with Gasteiger partial charge in [0.25, 0.3) is 0 Å². The largest absolute Gasteiger partial charge is 0.478 e. The SMILES string of the molecule is Cc1ccc(C(=O)O)cc1NC(=O)CNC(=O)C(C)(C)C. The molecule has 0 atom stereocenters. The molecular weight excluding hydrogens is 272 g/mol. The van der Waals surface area contributed by atoms with E-state index in [9.17, 15) is 14.4 Å². The molecule has 0 heterocycles. The summed E-state index contributed by atoms with van der Waals surface area (Å²) in [5.41, 5.74) is 0.689. The fourth-order valence-electron chi connectivity index (χ4n) is 1.51. The van der Waals surface area contributed by atoms with Crippen LogP contribution in [-0.4, -0.2) is 29.4 Å². The molecule has 114 valence electrons. The van der Waals surface area contributed by atoms with Crippen molar-refractivity contribution in [3.05, 3.63) is 29.3 Å². The van der Waals surface area contributed by atoms with Crippen LogP contribution in [0.15, 0.2) is 18.2 Å². The normalized spacial score (nSPS) is 10.9. The highest BCUT2D eigenvalue weighted by Gasteiger charge is 2.21. The predicted molar refractivity (Wildman–Crippen MR) is 79.2 cm³/mol. The van der Waals surface area contributed by atoms with E-state index in [1.807, 2.05) is 0 Å². The molecule has 0 bridgehead atoms. The Bertz CT molecular complexity index is 574. The van der Waals surface area contributed by atoms with Gasteiger partial charge in [0, 0.05) is 11.1 Å². The Balaban J connectivity index is 2.69. The number of hydrogen-bond donors (Lipinski definition) is 3. The van der Waals surface area contributed by atoms with Crippen LogP contribution in [0.25, 0.3) is 0 Å². The Morgan fingerprint density at radius 1 is 1.19 bits per heavy atom. The molecule has 1 aromatic carbocycles. The molecule has 21 heavy (non-hydrogen) atoms. The standard InChI is InChI=1S/C15H20N2O4/c1-9-5-6-10(13(19)20)7-11(9)17-12(18)8-16-14(21)15(2,3)4/h5-7H,8H2,1-4H3,(H,16,21)(H,17,18)(H,19,20). The topological polar surface area (TPSA) is 95.5 Å². The maximum atomic E-state index is 11.8. The smallest absolute Gasteiger partial charge is 0.335 e. The third kappa shape index (κ3) is 4.91. The Morgan fingerprint density at radius 2 is 1.81 bits per heavy atom. The molecular formula is C15H20N2O4.